The van der Waals surface area contributed by atoms with Crippen LogP contribution in [0.1, 0.15) is 12.5 Å². The second-order valence-corrected chi connectivity index (χ2v) is 5.92. The van der Waals surface area contributed by atoms with E-state index in [0.29, 0.717) is 0 Å². The topological polar surface area (TPSA) is 84.9 Å². The predicted molar refractivity (Wildman–Crippen MR) is 95.5 cm³/mol. The van der Waals surface area contributed by atoms with Gasteiger partial charge in [0.1, 0.15) is 6.33 Å². The molecule has 1 fully saturated rings. The van der Waals surface area contributed by atoms with Crippen LogP contribution in [0.5, 0.6) is 0 Å². The molecule has 0 unspecified atom stereocenters. The zero-order valence-corrected chi connectivity index (χ0v) is 13.7. The van der Waals surface area contributed by atoms with Gasteiger partial charge in [0.2, 0.25) is 0 Å². The van der Waals surface area contributed by atoms with Crippen LogP contribution in [-0.4, -0.2) is 45.9 Å². The molecule has 0 saturated carbocycles. The fourth-order valence-corrected chi connectivity index (χ4v) is 3.34. The van der Waals surface area contributed by atoms with Crippen LogP contribution in [0.25, 0.3) is 16.7 Å². The monoisotopic (exact) mass is 323 g/mol. The van der Waals surface area contributed by atoms with Crippen molar-refractivity contribution in [3.63, 3.8) is 0 Å². The minimum Gasteiger partial charge on any atom is -0.398 e. The second kappa shape index (κ2) is 6.09. The van der Waals surface area contributed by atoms with Gasteiger partial charge in [-0.1, -0.05) is 6.92 Å². The van der Waals surface area contributed by atoms with E-state index in [4.69, 9.17) is 10.8 Å². The first-order valence-corrected chi connectivity index (χ1v) is 8.31. The van der Waals surface area contributed by atoms with Crippen molar-refractivity contribution in [2.75, 3.05) is 36.8 Å². The van der Waals surface area contributed by atoms with E-state index in [2.05, 4.69) is 27.1 Å². The van der Waals surface area contributed by atoms with Crippen LogP contribution < -0.4 is 16.0 Å². The number of hydrogen-bond acceptors (Lipinski definition) is 6. The molecular weight excluding hydrogens is 302 g/mol. The van der Waals surface area contributed by atoms with Gasteiger partial charge in [-0.3, -0.25) is 0 Å². The number of fused-ring (bicyclic) bond motifs is 1. The zero-order valence-electron chi connectivity index (χ0n) is 13.7. The maximum Gasteiger partial charge on any atom is 0.159 e. The number of nitrogens with one attached hydrogen (secondary N) is 1. The Hall–Kier alpha value is -2.67. The van der Waals surface area contributed by atoms with Gasteiger partial charge in [-0.25, -0.2) is 14.6 Å². The molecule has 4 rings (SSSR count). The zero-order chi connectivity index (χ0) is 16.5. The van der Waals surface area contributed by atoms with Crippen LogP contribution in [0, 0.1) is 0 Å². The number of aryl methyl sites for hydroxylation is 1. The Bertz CT molecular complexity index is 850. The molecule has 3 N–H and O–H groups in total. The van der Waals surface area contributed by atoms with Crippen LogP contribution in [0.15, 0.2) is 30.7 Å². The first-order valence-electron chi connectivity index (χ1n) is 8.31. The fraction of sp³-hybridized carbons (Fsp3) is 0.353. The number of rotatable bonds is 3. The summed E-state index contributed by atoms with van der Waals surface area (Å²) in [4.78, 5) is 10.7. The highest BCUT2D eigenvalue weighted by molar-refractivity contribution is 5.97. The highest BCUT2D eigenvalue weighted by Gasteiger charge is 2.22. The average molecular weight is 323 g/mol. The van der Waals surface area contributed by atoms with Gasteiger partial charge >= 0.3 is 0 Å². The van der Waals surface area contributed by atoms with E-state index in [9.17, 15) is 0 Å². The summed E-state index contributed by atoms with van der Waals surface area (Å²) in [6.07, 6.45) is 4.15. The Balaban J connectivity index is 1.98. The molecule has 0 atom stereocenters. The van der Waals surface area contributed by atoms with Crippen molar-refractivity contribution in [2.24, 2.45) is 0 Å². The summed E-state index contributed by atoms with van der Waals surface area (Å²) in [6, 6.07) is 5.86. The SMILES string of the molecule is CCc1c(N)ccc2c1c(N1CCNCC1)nn2-c1ccncn1. The van der Waals surface area contributed by atoms with Crippen molar-refractivity contribution >= 4 is 22.4 Å². The Morgan fingerprint density at radius 3 is 2.75 bits per heavy atom. The number of nitrogen functional groups attached to an aromatic ring is 1. The lowest BCUT2D eigenvalue weighted by molar-refractivity contribution is 0.583. The molecule has 1 aliphatic rings. The minimum absolute atomic E-state index is 0.767. The summed E-state index contributed by atoms with van der Waals surface area (Å²) in [5.41, 5.74) is 9.26. The van der Waals surface area contributed by atoms with Crippen molar-refractivity contribution in [3.8, 4) is 5.82 Å². The Kier molecular flexibility index (Phi) is 3.78. The summed E-state index contributed by atoms with van der Waals surface area (Å²) in [5, 5.41) is 9.43. The molecular formula is C17H21N7. The third kappa shape index (κ3) is 2.37. The van der Waals surface area contributed by atoms with Gasteiger partial charge in [-0.05, 0) is 24.1 Å². The standard InChI is InChI=1S/C17H21N7/c1-2-12-13(18)3-4-14-16(12)17(23-9-7-19-8-10-23)22-24(14)15-5-6-20-11-21-15/h3-6,11,19H,2,7-10,18H2,1H3. The van der Waals surface area contributed by atoms with Gasteiger partial charge in [0.25, 0.3) is 0 Å². The molecule has 0 bridgehead atoms. The molecule has 3 aromatic rings. The van der Waals surface area contributed by atoms with Crippen molar-refractivity contribution in [2.45, 2.75) is 13.3 Å². The van der Waals surface area contributed by atoms with Gasteiger partial charge in [0.05, 0.1) is 5.52 Å². The van der Waals surface area contributed by atoms with Gasteiger partial charge in [-0.15, -0.1) is 5.10 Å². The number of hydrogen-bond donors (Lipinski definition) is 2. The Labute approximate surface area is 140 Å². The third-order valence-electron chi connectivity index (χ3n) is 4.53. The molecule has 24 heavy (non-hydrogen) atoms. The average Bonchev–Trinajstić information content (AvgIpc) is 3.03. The highest BCUT2D eigenvalue weighted by atomic mass is 15.4. The molecule has 7 nitrogen and oxygen atoms in total. The van der Waals surface area contributed by atoms with Crippen LogP contribution in [0.4, 0.5) is 11.5 Å². The maximum absolute atomic E-state index is 6.25. The molecule has 1 saturated heterocycles. The quantitative estimate of drug-likeness (QED) is 0.708. The summed E-state index contributed by atoms with van der Waals surface area (Å²) < 4.78 is 1.90. The molecule has 1 aliphatic heterocycles. The van der Waals surface area contributed by atoms with Crippen molar-refractivity contribution in [1.29, 1.82) is 0 Å². The largest absolute Gasteiger partial charge is 0.398 e. The smallest absolute Gasteiger partial charge is 0.159 e. The summed E-state index contributed by atoms with van der Waals surface area (Å²) in [7, 11) is 0. The van der Waals surface area contributed by atoms with E-state index in [1.807, 2.05) is 22.9 Å². The van der Waals surface area contributed by atoms with Gasteiger partial charge in [-0.2, -0.15) is 0 Å². The van der Waals surface area contributed by atoms with E-state index < -0.39 is 0 Å². The lowest BCUT2D eigenvalue weighted by Crippen LogP contribution is -2.43. The first-order chi connectivity index (χ1) is 11.8. The van der Waals surface area contributed by atoms with Crippen LogP contribution in [-0.2, 0) is 6.42 Å². The fourth-order valence-electron chi connectivity index (χ4n) is 3.34. The Morgan fingerprint density at radius 2 is 2.04 bits per heavy atom. The number of nitrogens with two attached hydrogens (primary N) is 1. The van der Waals surface area contributed by atoms with Gasteiger partial charge in [0.15, 0.2) is 11.6 Å². The summed E-state index contributed by atoms with van der Waals surface area (Å²) >= 11 is 0. The van der Waals surface area contributed by atoms with Gasteiger partial charge in [0, 0.05) is 49.5 Å². The van der Waals surface area contributed by atoms with Crippen LogP contribution in [0.3, 0.4) is 0 Å². The number of anilines is 2. The van der Waals surface area contributed by atoms with E-state index in [0.717, 1.165) is 66.4 Å². The second-order valence-electron chi connectivity index (χ2n) is 5.92. The van der Waals surface area contributed by atoms with Crippen molar-refractivity contribution < 1.29 is 0 Å². The van der Waals surface area contributed by atoms with Crippen molar-refractivity contribution in [1.82, 2.24) is 25.1 Å². The molecule has 0 aliphatic carbocycles. The van der Waals surface area contributed by atoms with Crippen molar-refractivity contribution in [3.05, 3.63) is 36.3 Å². The minimum atomic E-state index is 0.767. The number of benzene rings is 1. The molecule has 3 heterocycles. The van der Waals surface area contributed by atoms with E-state index in [1.165, 1.54) is 0 Å². The van der Waals surface area contributed by atoms with E-state index >= 15 is 0 Å². The number of aromatic nitrogens is 4. The van der Waals surface area contributed by atoms with Crippen LogP contribution in [0.2, 0.25) is 0 Å². The van der Waals surface area contributed by atoms with Gasteiger partial charge < -0.3 is 16.0 Å². The first kappa shape index (κ1) is 14.9. The maximum atomic E-state index is 6.25. The Morgan fingerprint density at radius 1 is 1.21 bits per heavy atom. The molecule has 0 radical (unpaired) electrons. The number of piperazine rings is 1. The summed E-state index contributed by atoms with van der Waals surface area (Å²) in [5.74, 6) is 1.76. The normalized spacial score (nSPS) is 15.1. The lowest BCUT2D eigenvalue weighted by atomic mass is 10.0. The third-order valence-corrected chi connectivity index (χ3v) is 4.53. The van der Waals surface area contributed by atoms with E-state index in [1.54, 1.807) is 12.5 Å². The lowest BCUT2D eigenvalue weighted by Gasteiger charge is -2.28. The van der Waals surface area contributed by atoms with E-state index in [-0.39, 0.29) is 0 Å². The molecule has 1 aromatic carbocycles. The molecule has 7 heteroatoms. The van der Waals surface area contributed by atoms with Crippen LogP contribution >= 0.6 is 0 Å². The molecule has 124 valence electrons. The highest BCUT2D eigenvalue weighted by Crippen LogP contribution is 2.34. The predicted octanol–water partition coefficient (Wildman–Crippen LogP) is 1.37. The number of nitrogens with zero attached hydrogens (tertiary/aromatic N) is 5. The molecule has 0 spiro atoms. The molecule has 0 amide bonds. The molecule has 2 aromatic heterocycles. The summed E-state index contributed by atoms with van der Waals surface area (Å²) in [6.45, 7) is 5.94.